The Labute approximate surface area is 208 Å². The Kier molecular flexibility index (Phi) is 5.93. The lowest BCUT2D eigenvalue weighted by atomic mass is 9.94. The fraction of sp³-hybridized carbons (Fsp3) is 0.179. The van der Waals surface area contributed by atoms with E-state index < -0.39 is 6.04 Å². The van der Waals surface area contributed by atoms with Crippen LogP contribution in [0, 0.1) is 13.8 Å². The van der Waals surface area contributed by atoms with E-state index in [4.69, 9.17) is 9.26 Å². The summed E-state index contributed by atoms with van der Waals surface area (Å²) in [5, 5.41) is 17.7. The molecule has 0 fully saturated rings. The molecule has 4 aromatic rings. The number of aromatic nitrogens is 2. The number of aryl methyl sites for hydroxylation is 2. The number of nitrogens with zero attached hydrogens (tertiary/aromatic N) is 3. The molecule has 5 rings (SSSR count). The molecule has 0 saturated heterocycles. The summed E-state index contributed by atoms with van der Waals surface area (Å²) in [5.41, 5.74) is 5.62. The Bertz CT molecular complexity index is 1470. The SMILES string of the molecule is COc1ccc(C2NC(=O)N(c3cccc(C)c3)C(C)=C2c2nc(-c3ccc(C)cc3)no2)cc1O. The number of phenols is 1. The van der Waals surface area contributed by atoms with E-state index in [1.807, 2.05) is 69.3 Å². The maximum atomic E-state index is 13.4. The molecule has 8 nitrogen and oxygen atoms in total. The number of methoxy groups -OCH3 is 1. The summed E-state index contributed by atoms with van der Waals surface area (Å²) >= 11 is 0. The monoisotopic (exact) mass is 482 g/mol. The minimum atomic E-state index is -0.637. The zero-order chi connectivity index (χ0) is 25.4. The summed E-state index contributed by atoms with van der Waals surface area (Å²) in [4.78, 5) is 19.7. The van der Waals surface area contributed by atoms with Crippen LogP contribution in [0.2, 0.25) is 0 Å². The first kappa shape index (κ1) is 23.2. The van der Waals surface area contributed by atoms with Crippen LogP contribution >= 0.6 is 0 Å². The van der Waals surface area contributed by atoms with Gasteiger partial charge >= 0.3 is 6.03 Å². The molecule has 8 heteroatoms. The predicted molar refractivity (Wildman–Crippen MR) is 137 cm³/mol. The summed E-state index contributed by atoms with van der Waals surface area (Å²) in [7, 11) is 1.48. The molecule has 1 atom stereocenters. The van der Waals surface area contributed by atoms with E-state index in [1.54, 1.807) is 23.1 Å². The normalized spacial score (nSPS) is 15.7. The first-order chi connectivity index (χ1) is 17.4. The van der Waals surface area contributed by atoms with E-state index in [-0.39, 0.29) is 17.7 Å². The van der Waals surface area contributed by atoms with Gasteiger partial charge in [0, 0.05) is 11.3 Å². The van der Waals surface area contributed by atoms with Crippen LogP contribution in [0.25, 0.3) is 17.0 Å². The van der Waals surface area contributed by atoms with Crippen LogP contribution in [0.15, 0.2) is 77.0 Å². The number of anilines is 1. The predicted octanol–water partition coefficient (Wildman–Crippen LogP) is 5.77. The molecular weight excluding hydrogens is 456 g/mol. The third kappa shape index (κ3) is 4.17. The number of ether oxygens (including phenoxy) is 1. The molecule has 2 amide bonds. The highest BCUT2D eigenvalue weighted by Gasteiger charge is 2.37. The van der Waals surface area contributed by atoms with Gasteiger partial charge in [0.1, 0.15) is 0 Å². The second kappa shape index (κ2) is 9.22. The molecule has 0 spiro atoms. The van der Waals surface area contributed by atoms with E-state index in [9.17, 15) is 9.90 Å². The molecule has 2 heterocycles. The number of benzene rings is 3. The Balaban J connectivity index is 1.66. The smallest absolute Gasteiger partial charge is 0.326 e. The number of hydrogen-bond acceptors (Lipinski definition) is 6. The van der Waals surface area contributed by atoms with Crippen molar-refractivity contribution in [2.45, 2.75) is 26.8 Å². The van der Waals surface area contributed by atoms with Crippen molar-refractivity contribution in [2.24, 2.45) is 0 Å². The van der Waals surface area contributed by atoms with Crippen molar-refractivity contribution >= 4 is 17.3 Å². The number of nitrogens with one attached hydrogen (secondary N) is 1. The second-order valence-electron chi connectivity index (χ2n) is 8.78. The summed E-state index contributed by atoms with van der Waals surface area (Å²) in [6.45, 7) is 5.84. The van der Waals surface area contributed by atoms with Gasteiger partial charge in [-0.3, -0.25) is 4.90 Å². The molecule has 0 radical (unpaired) electrons. The molecule has 1 unspecified atom stereocenters. The minimum absolute atomic E-state index is 0.0340. The summed E-state index contributed by atoms with van der Waals surface area (Å²) in [6, 6.07) is 19.6. The largest absolute Gasteiger partial charge is 0.504 e. The van der Waals surface area contributed by atoms with Crippen molar-refractivity contribution in [1.82, 2.24) is 15.5 Å². The molecule has 1 aliphatic rings. The third-order valence-corrected chi connectivity index (χ3v) is 6.25. The Morgan fingerprint density at radius 1 is 1.00 bits per heavy atom. The van der Waals surface area contributed by atoms with E-state index in [0.29, 0.717) is 28.4 Å². The summed E-state index contributed by atoms with van der Waals surface area (Å²) in [5.74, 6) is 1.03. The van der Waals surface area contributed by atoms with Crippen molar-refractivity contribution in [3.8, 4) is 22.9 Å². The van der Waals surface area contributed by atoms with E-state index in [0.717, 1.165) is 22.4 Å². The summed E-state index contributed by atoms with van der Waals surface area (Å²) in [6.07, 6.45) is 0. The first-order valence-corrected chi connectivity index (χ1v) is 11.5. The molecule has 182 valence electrons. The molecular formula is C28H26N4O4. The number of amides is 2. The topological polar surface area (TPSA) is 101 Å². The maximum Gasteiger partial charge on any atom is 0.326 e. The Morgan fingerprint density at radius 2 is 1.78 bits per heavy atom. The number of phenolic OH excluding ortho intramolecular Hbond substituents is 1. The quantitative estimate of drug-likeness (QED) is 0.375. The van der Waals surface area contributed by atoms with E-state index in [1.165, 1.54) is 7.11 Å². The highest BCUT2D eigenvalue weighted by atomic mass is 16.5. The van der Waals surface area contributed by atoms with Gasteiger partial charge in [0.15, 0.2) is 11.5 Å². The number of hydrogen-bond donors (Lipinski definition) is 2. The van der Waals surface area contributed by atoms with Crippen LogP contribution in [0.3, 0.4) is 0 Å². The van der Waals surface area contributed by atoms with Gasteiger partial charge in [0.05, 0.1) is 24.4 Å². The van der Waals surface area contributed by atoms with Crippen LogP contribution in [0.4, 0.5) is 10.5 Å². The van der Waals surface area contributed by atoms with Crippen LogP contribution < -0.4 is 15.0 Å². The molecule has 1 aliphatic heterocycles. The lowest BCUT2D eigenvalue weighted by Gasteiger charge is -2.35. The van der Waals surface area contributed by atoms with Gasteiger partial charge in [-0.2, -0.15) is 4.98 Å². The summed E-state index contributed by atoms with van der Waals surface area (Å²) < 4.78 is 10.9. The van der Waals surface area contributed by atoms with E-state index in [2.05, 4.69) is 15.5 Å². The molecule has 0 aliphatic carbocycles. The highest BCUT2D eigenvalue weighted by Crippen LogP contribution is 2.41. The van der Waals surface area contributed by atoms with Gasteiger partial charge in [0.25, 0.3) is 5.89 Å². The van der Waals surface area contributed by atoms with Gasteiger partial charge in [-0.1, -0.05) is 53.2 Å². The number of allylic oxidation sites excluding steroid dienone is 1. The average molecular weight is 483 g/mol. The van der Waals surface area contributed by atoms with Crippen LogP contribution in [0.5, 0.6) is 11.5 Å². The van der Waals surface area contributed by atoms with Crippen molar-refractivity contribution in [1.29, 1.82) is 0 Å². The van der Waals surface area contributed by atoms with Crippen molar-refractivity contribution in [3.63, 3.8) is 0 Å². The number of urea groups is 1. The fourth-order valence-corrected chi connectivity index (χ4v) is 4.39. The lowest BCUT2D eigenvalue weighted by molar-refractivity contribution is 0.244. The lowest BCUT2D eigenvalue weighted by Crippen LogP contribution is -2.46. The van der Waals surface area contributed by atoms with Crippen LogP contribution in [0.1, 0.15) is 35.5 Å². The van der Waals surface area contributed by atoms with Gasteiger partial charge < -0.3 is 19.7 Å². The molecule has 36 heavy (non-hydrogen) atoms. The number of aromatic hydroxyl groups is 1. The van der Waals surface area contributed by atoms with Gasteiger partial charge in [0.2, 0.25) is 5.82 Å². The minimum Gasteiger partial charge on any atom is -0.504 e. The zero-order valence-electron chi connectivity index (χ0n) is 20.4. The van der Waals surface area contributed by atoms with E-state index >= 15 is 0 Å². The van der Waals surface area contributed by atoms with Gasteiger partial charge in [-0.25, -0.2) is 4.79 Å². The van der Waals surface area contributed by atoms with Crippen LogP contribution in [-0.4, -0.2) is 28.4 Å². The first-order valence-electron chi connectivity index (χ1n) is 11.5. The molecule has 1 aromatic heterocycles. The van der Waals surface area contributed by atoms with Gasteiger partial charge in [-0.05, 0) is 56.2 Å². The number of carbonyl (C=O) groups excluding carboxylic acids is 1. The van der Waals surface area contributed by atoms with Gasteiger partial charge in [-0.15, -0.1) is 0 Å². The molecule has 3 aromatic carbocycles. The number of rotatable bonds is 5. The average Bonchev–Trinajstić information content (AvgIpc) is 3.34. The maximum absolute atomic E-state index is 13.4. The Morgan fingerprint density at radius 3 is 2.47 bits per heavy atom. The molecule has 2 N–H and O–H groups in total. The zero-order valence-corrected chi connectivity index (χ0v) is 20.4. The highest BCUT2D eigenvalue weighted by molar-refractivity contribution is 6.01. The van der Waals surface area contributed by atoms with Crippen molar-refractivity contribution in [3.05, 3.63) is 95.0 Å². The number of carbonyl (C=O) groups is 1. The fourth-order valence-electron chi connectivity index (χ4n) is 4.39. The standard InChI is InChI=1S/C28H26N4O4/c1-16-8-10-19(11-9-16)26-30-27(36-31-26)24-18(3)32(21-7-5-6-17(2)14-21)28(34)29-25(24)20-12-13-23(35-4)22(33)15-20/h5-15,25,33H,1-4H3,(H,29,34). The Hall–Kier alpha value is -4.59. The molecule has 0 bridgehead atoms. The van der Waals surface area contributed by atoms with Crippen molar-refractivity contribution in [2.75, 3.05) is 12.0 Å². The molecule has 0 saturated carbocycles. The van der Waals surface area contributed by atoms with Crippen molar-refractivity contribution < 1.29 is 19.2 Å². The second-order valence-corrected chi connectivity index (χ2v) is 8.78. The third-order valence-electron chi connectivity index (χ3n) is 6.25. The van der Waals surface area contributed by atoms with Crippen LogP contribution in [-0.2, 0) is 0 Å².